The van der Waals surface area contributed by atoms with Gasteiger partial charge >= 0.3 is 0 Å². The highest BCUT2D eigenvalue weighted by molar-refractivity contribution is 5.93. The molecule has 0 saturated carbocycles. The lowest BCUT2D eigenvalue weighted by molar-refractivity contribution is -0.138. The van der Waals surface area contributed by atoms with Gasteiger partial charge in [-0.2, -0.15) is 0 Å². The molecule has 1 aliphatic heterocycles. The summed E-state index contributed by atoms with van der Waals surface area (Å²) in [6.07, 6.45) is 1.43. The number of fused-ring (bicyclic) bond motifs is 1. The topological polar surface area (TPSA) is 52.3 Å². The standard InChI is InChI=1S/C18H19NO2/c1-13(19)17(20)18(15-8-3-2-4-9-15)12-11-14-7-5-6-10-16(14)21-18/h2-10,13H,11-12,19H2,1H3. The third-order valence-corrected chi connectivity index (χ3v) is 4.05. The largest absolute Gasteiger partial charge is 0.474 e. The van der Waals surface area contributed by atoms with Gasteiger partial charge < -0.3 is 10.5 Å². The molecule has 0 aromatic heterocycles. The third kappa shape index (κ3) is 2.34. The van der Waals surface area contributed by atoms with E-state index < -0.39 is 11.6 Å². The van der Waals surface area contributed by atoms with Crippen LogP contribution in [0.4, 0.5) is 0 Å². The number of hydrogen-bond acceptors (Lipinski definition) is 3. The van der Waals surface area contributed by atoms with Gasteiger partial charge in [-0.05, 0) is 25.0 Å². The second kappa shape index (κ2) is 5.34. The van der Waals surface area contributed by atoms with E-state index in [2.05, 4.69) is 0 Å². The second-order valence-electron chi connectivity index (χ2n) is 5.56. The van der Waals surface area contributed by atoms with Crippen LogP contribution >= 0.6 is 0 Å². The molecule has 2 aromatic rings. The Hall–Kier alpha value is -2.13. The molecule has 0 radical (unpaired) electrons. The van der Waals surface area contributed by atoms with Crippen LogP contribution in [-0.2, 0) is 16.8 Å². The molecular formula is C18H19NO2. The molecule has 0 saturated heterocycles. The number of carbonyl (C=O) groups is 1. The summed E-state index contributed by atoms with van der Waals surface area (Å²) < 4.78 is 6.20. The van der Waals surface area contributed by atoms with Crippen molar-refractivity contribution in [3.63, 3.8) is 0 Å². The van der Waals surface area contributed by atoms with Gasteiger partial charge in [-0.3, -0.25) is 4.79 Å². The van der Waals surface area contributed by atoms with Crippen molar-refractivity contribution in [2.24, 2.45) is 5.73 Å². The van der Waals surface area contributed by atoms with Crippen LogP contribution in [0, 0.1) is 0 Å². The number of nitrogens with two attached hydrogens (primary N) is 1. The lowest BCUT2D eigenvalue weighted by atomic mass is 9.79. The van der Waals surface area contributed by atoms with E-state index in [0.717, 1.165) is 23.3 Å². The van der Waals surface area contributed by atoms with Gasteiger partial charge in [0, 0.05) is 12.0 Å². The van der Waals surface area contributed by atoms with Crippen LogP contribution < -0.4 is 10.5 Å². The van der Waals surface area contributed by atoms with Crippen LogP contribution in [0.1, 0.15) is 24.5 Å². The van der Waals surface area contributed by atoms with Crippen molar-refractivity contribution >= 4 is 5.78 Å². The highest BCUT2D eigenvalue weighted by Crippen LogP contribution is 2.40. The highest BCUT2D eigenvalue weighted by Gasteiger charge is 2.45. The number of carbonyl (C=O) groups excluding carboxylic acids is 1. The number of ether oxygens (including phenoxy) is 1. The van der Waals surface area contributed by atoms with E-state index in [4.69, 9.17) is 10.5 Å². The summed E-state index contributed by atoms with van der Waals surface area (Å²) in [7, 11) is 0. The molecule has 3 heteroatoms. The monoisotopic (exact) mass is 281 g/mol. The number of rotatable bonds is 3. The minimum atomic E-state index is -0.968. The highest BCUT2D eigenvalue weighted by atomic mass is 16.5. The van der Waals surface area contributed by atoms with Crippen molar-refractivity contribution in [2.45, 2.75) is 31.4 Å². The van der Waals surface area contributed by atoms with Crippen molar-refractivity contribution < 1.29 is 9.53 Å². The summed E-state index contributed by atoms with van der Waals surface area (Å²) in [5.74, 6) is 0.713. The van der Waals surface area contributed by atoms with Crippen LogP contribution in [0.5, 0.6) is 5.75 Å². The smallest absolute Gasteiger partial charge is 0.197 e. The first-order valence-electron chi connectivity index (χ1n) is 7.26. The number of Topliss-reactive ketones (excluding diaryl/α,β-unsaturated/α-hetero) is 1. The molecule has 0 spiro atoms. The van der Waals surface area contributed by atoms with Crippen molar-refractivity contribution in [1.82, 2.24) is 0 Å². The van der Waals surface area contributed by atoms with E-state index in [1.54, 1.807) is 6.92 Å². The summed E-state index contributed by atoms with van der Waals surface area (Å²) in [4.78, 5) is 12.8. The van der Waals surface area contributed by atoms with Crippen molar-refractivity contribution in [3.8, 4) is 5.75 Å². The second-order valence-corrected chi connectivity index (χ2v) is 5.56. The first-order valence-corrected chi connectivity index (χ1v) is 7.26. The SMILES string of the molecule is CC(N)C(=O)C1(c2ccccc2)CCc2ccccc2O1. The van der Waals surface area contributed by atoms with E-state index in [9.17, 15) is 4.79 Å². The summed E-state index contributed by atoms with van der Waals surface area (Å²) in [5, 5.41) is 0. The lowest BCUT2D eigenvalue weighted by Gasteiger charge is -2.38. The number of hydrogen-bond donors (Lipinski definition) is 1. The zero-order chi connectivity index (χ0) is 14.9. The molecule has 108 valence electrons. The minimum Gasteiger partial charge on any atom is -0.474 e. The molecule has 0 bridgehead atoms. The zero-order valence-corrected chi connectivity index (χ0v) is 12.1. The van der Waals surface area contributed by atoms with Gasteiger partial charge in [0.05, 0.1) is 6.04 Å². The first kappa shape index (κ1) is 13.8. The van der Waals surface area contributed by atoms with Crippen molar-refractivity contribution in [3.05, 3.63) is 65.7 Å². The van der Waals surface area contributed by atoms with E-state index in [1.165, 1.54) is 0 Å². The van der Waals surface area contributed by atoms with Gasteiger partial charge in [0.1, 0.15) is 5.75 Å². The number of ketones is 1. The average Bonchev–Trinajstić information content (AvgIpc) is 2.54. The molecule has 1 aliphatic rings. The van der Waals surface area contributed by atoms with E-state index in [-0.39, 0.29) is 5.78 Å². The Bertz CT molecular complexity index is 651. The van der Waals surface area contributed by atoms with E-state index in [1.807, 2.05) is 54.6 Å². The Morgan fingerprint density at radius 2 is 1.81 bits per heavy atom. The molecular weight excluding hydrogens is 262 g/mol. The average molecular weight is 281 g/mol. The lowest BCUT2D eigenvalue weighted by Crippen LogP contribution is -2.50. The normalized spacial score (nSPS) is 22.0. The van der Waals surface area contributed by atoms with Crippen molar-refractivity contribution in [1.29, 1.82) is 0 Å². The summed E-state index contributed by atoms with van der Waals surface area (Å²) >= 11 is 0. The van der Waals surface area contributed by atoms with Gasteiger partial charge in [0.2, 0.25) is 0 Å². The molecule has 21 heavy (non-hydrogen) atoms. The molecule has 2 N–H and O–H groups in total. The van der Waals surface area contributed by atoms with E-state index in [0.29, 0.717) is 6.42 Å². The fourth-order valence-corrected chi connectivity index (χ4v) is 2.95. The Labute approximate surface area is 124 Å². The minimum absolute atomic E-state index is 0.0665. The summed E-state index contributed by atoms with van der Waals surface area (Å²) in [6, 6.07) is 17.0. The van der Waals surface area contributed by atoms with Crippen LogP contribution in [0.25, 0.3) is 0 Å². The molecule has 0 aliphatic carbocycles. The number of para-hydroxylation sites is 1. The summed E-state index contributed by atoms with van der Waals surface area (Å²) in [6.45, 7) is 1.72. The van der Waals surface area contributed by atoms with Gasteiger partial charge in [-0.15, -0.1) is 0 Å². The van der Waals surface area contributed by atoms with Crippen LogP contribution in [0.2, 0.25) is 0 Å². The maximum atomic E-state index is 12.8. The molecule has 1 heterocycles. The Morgan fingerprint density at radius 3 is 2.52 bits per heavy atom. The van der Waals surface area contributed by atoms with E-state index >= 15 is 0 Å². The molecule has 0 amide bonds. The Morgan fingerprint density at radius 1 is 1.14 bits per heavy atom. The zero-order valence-electron chi connectivity index (χ0n) is 12.1. The number of benzene rings is 2. The van der Waals surface area contributed by atoms with Crippen LogP contribution in [0.15, 0.2) is 54.6 Å². The maximum Gasteiger partial charge on any atom is 0.197 e. The fraction of sp³-hybridized carbons (Fsp3) is 0.278. The molecule has 0 fully saturated rings. The third-order valence-electron chi connectivity index (χ3n) is 4.05. The van der Waals surface area contributed by atoms with Crippen LogP contribution in [0.3, 0.4) is 0 Å². The molecule has 3 nitrogen and oxygen atoms in total. The first-order chi connectivity index (χ1) is 10.1. The Balaban J connectivity index is 2.10. The summed E-state index contributed by atoms with van der Waals surface area (Å²) in [5.41, 5.74) is 6.93. The van der Waals surface area contributed by atoms with Crippen LogP contribution in [-0.4, -0.2) is 11.8 Å². The van der Waals surface area contributed by atoms with Gasteiger partial charge in [-0.25, -0.2) is 0 Å². The Kier molecular flexibility index (Phi) is 3.52. The van der Waals surface area contributed by atoms with Gasteiger partial charge in [0.25, 0.3) is 0 Å². The quantitative estimate of drug-likeness (QED) is 0.941. The number of aryl methyl sites for hydroxylation is 1. The van der Waals surface area contributed by atoms with Gasteiger partial charge in [0.15, 0.2) is 11.4 Å². The molecule has 2 unspecified atom stereocenters. The molecule has 3 rings (SSSR count). The fourth-order valence-electron chi connectivity index (χ4n) is 2.95. The maximum absolute atomic E-state index is 12.8. The van der Waals surface area contributed by atoms with Gasteiger partial charge in [-0.1, -0.05) is 48.5 Å². The predicted molar refractivity (Wildman–Crippen MR) is 82.2 cm³/mol. The van der Waals surface area contributed by atoms with Crippen molar-refractivity contribution in [2.75, 3.05) is 0 Å². The molecule has 2 aromatic carbocycles. The predicted octanol–water partition coefficient (Wildman–Crippen LogP) is 2.82. The molecule has 2 atom stereocenters.